The van der Waals surface area contributed by atoms with E-state index in [0.29, 0.717) is 0 Å². The maximum atomic E-state index is 14.0. The number of sulfone groups is 1. The van der Waals surface area contributed by atoms with E-state index in [2.05, 4.69) is 15.3 Å². The summed E-state index contributed by atoms with van der Waals surface area (Å²) in [6.07, 6.45) is 3.79. The van der Waals surface area contributed by atoms with E-state index < -0.39 is 39.5 Å². The van der Waals surface area contributed by atoms with Gasteiger partial charge in [0.25, 0.3) is 5.91 Å². The largest absolute Gasteiger partial charge is 0.483 e. The molecular formula is C18H18ClF2N3O4S. The van der Waals surface area contributed by atoms with Crippen molar-refractivity contribution in [2.24, 2.45) is 0 Å². The van der Waals surface area contributed by atoms with Crippen LogP contribution in [0.15, 0.2) is 36.0 Å². The van der Waals surface area contributed by atoms with Gasteiger partial charge in [-0.05, 0) is 26.0 Å². The summed E-state index contributed by atoms with van der Waals surface area (Å²) in [4.78, 5) is 19.8. The summed E-state index contributed by atoms with van der Waals surface area (Å²) in [5.41, 5.74) is -0.153. The Bertz CT molecular complexity index is 1030. The van der Waals surface area contributed by atoms with E-state index in [1.807, 2.05) is 0 Å². The number of aromatic nitrogens is 2. The molecule has 0 aliphatic carbocycles. The Hall–Kier alpha value is -2.59. The number of nitrogens with one attached hydrogen (secondary N) is 1. The molecule has 0 fully saturated rings. The molecule has 0 aliphatic heterocycles. The van der Waals surface area contributed by atoms with Crippen LogP contribution in [0.25, 0.3) is 0 Å². The van der Waals surface area contributed by atoms with E-state index in [0.717, 1.165) is 23.8 Å². The molecule has 1 heterocycles. The molecular weight excluding hydrogens is 428 g/mol. The lowest BCUT2D eigenvalue weighted by molar-refractivity contribution is 0.0936. The summed E-state index contributed by atoms with van der Waals surface area (Å²) in [5, 5.41) is 3.11. The van der Waals surface area contributed by atoms with Crippen molar-refractivity contribution in [3.8, 4) is 5.75 Å². The van der Waals surface area contributed by atoms with Crippen molar-refractivity contribution in [1.82, 2.24) is 15.3 Å². The molecule has 0 aliphatic rings. The van der Waals surface area contributed by atoms with Crippen LogP contribution in [0.5, 0.6) is 5.75 Å². The fourth-order valence-electron chi connectivity index (χ4n) is 2.25. The molecule has 0 spiro atoms. The molecule has 0 unspecified atom stereocenters. The minimum atomic E-state index is -3.31. The van der Waals surface area contributed by atoms with Crippen LogP contribution in [-0.2, 0) is 9.84 Å². The first kappa shape index (κ1) is 22.7. The number of carbonyl (C=O) groups is 1. The minimum Gasteiger partial charge on any atom is -0.483 e. The molecule has 0 saturated carbocycles. The monoisotopic (exact) mass is 445 g/mol. The first-order chi connectivity index (χ1) is 13.5. The van der Waals surface area contributed by atoms with Crippen LogP contribution in [0.2, 0.25) is 5.02 Å². The highest BCUT2D eigenvalue weighted by Crippen LogP contribution is 2.31. The van der Waals surface area contributed by atoms with Crippen LogP contribution < -0.4 is 10.1 Å². The van der Waals surface area contributed by atoms with Crippen molar-refractivity contribution < 1.29 is 26.7 Å². The van der Waals surface area contributed by atoms with Crippen LogP contribution in [0.3, 0.4) is 0 Å². The summed E-state index contributed by atoms with van der Waals surface area (Å²) in [5.74, 6) is -2.20. The lowest BCUT2D eigenvalue weighted by atomic mass is 10.1. The van der Waals surface area contributed by atoms with Gasteiger partial charge in [-0.15, -0.1) is 0 Å². The van der Waals surface area contributed by atoms with Gasteiger partial charge >= 0.3 is 0 Å². The third-order valence-corrected chi connectivity index (χ3v) is 4.64. The molecule has 1 aromatic heterocycles. The molecule has 0 saturated heterocycles. The topological polar surface area (TPSA) is 98.2 Å². The molecule has 0 radical (unpaired) electrons. The Labute approximate surface area is 171 Å². The van der Waals surface area contributed by atoms with Gasteiger partial charge in [0.1, 0.15) is 17.7 Å². The van der Waals surface area contributed by atoms with Gasteiger partial charge in [-0.2, -0.15) is 0 Å². The van der Waals surface area contributed by atoms with Gasteiger partial charge < -0.3 is 10.1 Å². The zero-order valence-electron chi connectivity index (χ0n) is 15.7. The van der Waals surface area contributed by atoms with E-state index in [1.165, 1.54) is 25.4 Å². The highest BCUT2D eigenvalue weighted by Gasteiger charge is 2.20. The Kier molecular flexibility index (Phi) is 7.26. The molecule has 2 rings (SSSR count). The SMILES string of the molecule is C[C@H](/C=C/S(C)(=O)=O)NC(=O)c1ncc(O[C@@H](C)c2c(F)ccc(F)c2Cl)cn1. The smallest absolute Gasteiger partial charge is 0.289 e. The molecule has 2 atom stereocenters. The standard InChI is InChI=1S/C18H18ClF2N3O4S/c1-10(6-7-29(3,26)27)24-18(25)17-22-8-12(9-23-17)28-11(2)15-13(20)4-5-14(21)16(15)19/h4-11H,1-3H3,(H,24,25)/b7-6+/t10-,11+/m1/s1. The third-order valence-electron chi connectivity index (χ3n) is 3.60. The number of hydrogen-bond donors (Lipinski definition) is 1. The maximum absolute atomic E-state index is 14.0. The molecule has 156 valence electrons. The van der Waals surface area contributed by atoms with Gasteiger partial charge in [0.05, 0.1) is 17.4 Å². The number of ether oxygens (including phenoxy) is 1. The molecule has 7 nitrogen and oxygen atoms in total. The van der Waals surface area contributed by atoms with Gasteiger partial charge in [0, 0.05) is 23.3 Å². The zero-order valence-corrected chi connectivity index (χ0v) is 17.3. The van der Waals surface area contributed by atoms with Gasteiger partial charge in [0.15, 0.2) is 15.6 Å². The summed E-state index contributed by atoms with van der Waals surface area (Å²) in [7, 11) is -3.31. The summed E-state index contributed by atoms with van der Waals surface area (Å²) >= 11 is 5.81. The fourth-order valence-corrected chi connectivity index (χ4v) is 3.08. The summed E-state index contributed by atoms with van der Waals surface area (Å²) < 4.78 is 55.2. The van der Waals surface area contributed by atoms with Crippen molar-refractivity contribution in [3.63, 3.8) is 0 Å². The molecule has 1 amide bonds. The second kappa shape index (κ2) is 9.27. The Morgan fingerprint density at radius 1 is 1.21 bits per heavy atom. The average molecular weight is 446 g/mol. The highest BCUT2D eigenvalue weighted by molar-refractivity contribution is 7.93. The zero-order chi connectivity index (χ0) is 21.8. The van der Waals surface area contributed by atoms with Crippen molar-refractivity contribution in [1.29, 1.82) is 0 Å². The molecule has 11 heteroatoms. The normalized spacial score (nSPS) is 13.9. The number of benzene rings is 1. The van der Waals surface area contributed by atoms with Crippen LogP contribution in [0.1, 0.15) is 36.1 Å². The van der Waals surface area contributed by atoms with Crippen molar-refractivity contribution in [2.45, 2.75) is 26.0 Å². The fraction of sp³-hybridized carbons (Fsp3) is 0.278. The molecule has 0 bridgehead atoms. The number of carbonyl (C=O) groups excluding carboxylic acids is 1. The van der Waals surface area contributed by atoms with Crippen molar-refractivity contribution >= 4 is 27.3 Å². The second-order valence-corrected chi connectivity index (χ2v) is 8.49. The van der Waals surface area contributed by atoms with E-state index >= 15 is 0 Å². The quantitative estimate of drug-likeness (QED) is 0.657. The summed E-state index contributed by atoms with van der Waals surface area (Å²) in [6.45, 7) is 3.05. The molecule has 29 heavy (non-hydrogen) atoms. The van der Waals surface area contributed by atoms with Gasteiger partial charge in [-0.3, -0.25) is 4.79 Å². The second-order valence-electron chi connectivity index (χ2n) is 6.18. The molecule has 2 aromatic rings. The Balaban J connectivity index is 2.06. The number of amides is 1. The molecule has 1 N–H and O–H groups in total. The van der Waals surface area contributed by atoms with Gasteiger partial charge in [-0.1, -0.05) is 17.7 Å². The van der Waals surface area contributed by atoms with E-state index in [-0.39, 0.29) is 22.2 Å². The highest BCUT2D eigenvalue weighted by atomic mass is 35.5. The average Bonchev–Trinajstić information content (AvgIpc) is 2.63. The van der Waals surface area contributed by atoms with E-state index in [9.17, 15) is 22.0 Å². The van der Waals surface area contributed by atoms with Crippen LogP contribution in [0, 0.1) is 11.6 Å². The maximum Gasteiger partial charge on any atom is 0.289 e. The number of hydrogen-bond acceptors (Lipinski definition) is 6. The first-order valence-corrected chi connectivity index (χ1v) is 10.6. The van der Waals surface area contributed by atoms with E-state index in [1.54, 1.807) is 6.92 Å². The van der Waals surface area contributed by atoms with E-state index in [4.69, 9.17) is 16.3 Å². The van der Waals surface area contributed by atoms with Gasteiger partial charge in [-0.25, -0.2) is 27.2 Å². The first-order valence-electron chi connectivity index (χ1n) is 8.29. The summed E-state index contributed by atoms with van der Waals surface area (Å²) in [6, 6.07) is 1.28. The predicted molar refractivity (Wildman–Crippen MR) is 103 cm³/mol. The lowest BCUT2D eigenvalue weighted by Crippen LogP contribution is -2.32. The minimum absolute atomic E-state index is 0.110. The number of halogens is 3. The van der Waals surface area contributed by atoms with Crippen LogP contribution in [-0.4, -0.2) is 36.6 Å². The van der Waals surface area contributed by atoms with Crippen molar-refractivity contribution in [2.75, 3.05) is 6.26 Å². The molecule has 1 aromatic carbocycles. The Morgan fingerprint density at radius 3 is 2.38 bits per heavy atom. The Morgan fingerprint density at radius 2 is 1.79 bits per heavy atom. The predicted octanol–water partition coefficient (Wildman–Crippen LogP) is 3.22. The third kappa shape index (κ3) is 6.47. The number of nitrogens with zero attached hydrogens (tertiary/aromatic N) is 2. The lowest BCUT2D eigenvalue weighted by Gasteiger charge is -2.17. The van der Waals surface area contributed by atoms with Crippen molar-refractivity contribution in [3.05, 3.63) is 64.1 Å². The number of rotatable bonds is 7. The van der Waals surface area contributed by atoms with Crippen LogP contribution in [0.4, 0.5) is 8.78 Å². The van der Waals surface area contributed by atoms with Crippen LogP contribution >= 0.6 is 11.6 Å². The van der Waals surface area contributed by atoms with Gasteiger partial charge in [0.2, 0.25) is 5.82 Å².